The van der Waals surface area contributed by atoms with Crippen LogP contribution < -0.4 is 4.72 Å². The van der Waals surface area contributed by atoms with Gasteiger partial charge in [0.2, 0.25) is 0 Å². The molecule has 0 fully saturated rings. The van der Waals surface area contributed by atoms with Crippen LogP contribution in [0.2, 0.25) is 5.02 Å². The molecule has 0 aliphatic rings. The number of hydrogen-bond acceptors (Lipinski definition) is 3. The van der Waals surface area contributed by atoms with Crippen molar-refractivity contribution in [3.05, 3.63) is 53.6 Å². The molecule has 94 valence electrons. The number of nitrogens with one attached hydrogen (secondary N) is 1. The molecule has 18 heavy (non-hydrogen) atoms. The molecule has 0 aliphatic carbocycles. The first-order valence-electron chi connectivity index (χ1n) is 5.06. The second-order valence-corrected chi connectivity index (χ2v) is 5.61. The Hall–Kier alpha value is -1.72. The van der Waals surface area contributed by atoms with Gasteiger partial charge in [0.15, 0.2) is 0 Å². The molecule has 0 saturated carbocycles. The standard InChI is InChI=1S/C12H10ClNO3S/c13-9-5-1-4-8-12(9)18(16,17)14-10-6-2-3-7-11(10)15/h1-8,14-15H. The highest BCUT2D eigenvalue weighted by atomic mass is 35.5. The molecule has 0 atom stereocenters. The fraction of sp³-hybridized carbons (Fsp3) is 0. The predicted octanol–water partition coefficient (Wildman–Crippen LogP) is 2.85. The molecule has 0 aliphatic heterocycles. The molecule has 6 heteroatoms. The number of benzene rings is 2. The Kier molecular flexibility index (Phi) is 3.45. The Bertz CT molecular complexity index is 671. The number of phenolic OH excluding ortho intramolecular Hbond substituents is 1. The molecule has 0 aromatic heterocycles. The van der Waals surface area contributed by atoms with Crippen LogP contribution in [0.25, 0.3) is 0 Å². The van der Waals surface area contributed by atoms with Gasteiger partial charge in [0.25, 0.3) is 10.0 Å². The van der Waals surface area contributed by atoms with Crippen LogP contribution in [0.15, 0.2) is 53.4 Å². The monoisotopic (exact) mass is 283 g/mol. The highest BCUT2D eigenvalue weighted by molar-refractivity contribution is 7.92. The fourth-order valence-electron chi connectivity index (χ4n) is 1.42. The number of para-hydroxylation sites is 2. The van der Waals surface area contributed by atoms with E-state index in [0.717, 1.165) is 0 Å². The molecular weight excluding hydrogens is 274 g/mol. The molecule has 2 aromatic rings. The molecule has 0 bridgehead atoms. The van der Waals surface area contributed by atoms with E-state index in [2.05, 4.69) is 4.72 Å². The molecule has 0 unspecified atom stereocenters. The summed E-state index contributed by atoms with van der Waals surface area (Å²) in [6.45, 7) is 0. The number of sulfonamides is 1. The summed E-state index contributed by atoms with van der Waals surface area (Å²) in [5.74, 6) is -0.145. The molecule has 2 rings (SSSR count). The third-order valence-corrected chi connectivity index (χ3v) is 4.14. The first-order valence-corrected chi connectivity index (χ1v) is 6.92. The van der Waals surface area contributed by atoms with Gasteiger partial charge in [-0.25, -0.2) is 8.42 Å². The maximum atomic E-state index is 12.1. The molecule has 0 spiro atoms. The van der Waals surface area contributed by atoms with Crippen LogP contribution in [0.3, 0.4) is 0 Å². The van der Waals surface area contributed by atoms with E-state index in [9.17, 15) is 13.5 Å². The summed E-state index contributed by atoms with van der Waals surface area (Å²) in [6.07, 6.45) is 0. The van der Waals surface area contributed by atoms with Crippen molar-refractivity contribution >= 4 is 27.3 Å². The smallest absolute Gasteiger partial charge is 0.263 e. The van der Waals surface area contributed by atoms with Crippen LogP contribution in [0.5, 0.6) is 5.75 Å². The molecule has 4 nitrogen and oxygen atoms in total. The normalized spacial score (nSPS) is 11.2. The van der Waals surface area contributed by atoms with E-state index in [1.165, 1.54) is 24.3 Å². The van der Waals surface area contributed by atoms with Gasteiger partial charge in [0, 0.05) is 0 Å². The lowest BCUT2D eigenvalue weighted by Gasteiger charge is -2.10. The van der Waals surface area contributed by atoms with Crippen molar-refractivity contribution in [3.63, 3.8) is 0 Å². The number of hydrogen-bond donors (Lipinski definition) is 2. The molecule has 2 aromatic carbocycles. The van der Waals surface area contributed by atoms with Gasteiger partial charge >= 0.3 is 0 Å². The van der Waals surface area contributed by atoms with Crippen LogP contribution in [-0.2, 0) is 10.0 Å². The van der Waals surface area contributed by atoms with E-state index >= 15 is 0 Å². The Balaban J connectivity index is 2.40. The van der Waals surface area contributed by atoms with E-state index in [1.807, 2.05) is 0 Å². The summed E-state index contributed by atoms with van der Waals surface area (Å²) in [4.78, 5) is -0.0325. The van der Waals surface area contributed by atoms with Gasteiger partial charge in [0.1, 0.15) is 10.6 Å². The van der Waals surface area contributed by atoms with Crippen molar-refractivity contribution in [2.45, 2.75) is 4.90 Å². The minimum Gasteiger partial charge on any atom is -0.506 e. The highest BCUT2D eigenvalue weighted by Crippen LogP contribution is 2.27. The lowest BCUT2D eigenvalue weighted by Crippen LogP contribution is -2.13. The molecule has 0 amide bonds. The SMILES string of the molecule is O=S(=O)(Nc1ccccc1O)c1ccccc1Cl. The van der Waals surface area contributed by atoms with Gasteiger partial charge in [-0.05, 0) is 24.3 Å². The van der Waals surface area contributed by atoms with Gasteiger partial charge in [-0.2, -0.15) is 0 Å². The van der Waals surface area contributed by atoms with Gasteiger partial charge in [-0.3, -0.25) is 4.72 Å². The van der Waals surface area contributed by atoms with Gasteiger partial charge < -0.3 is 5.11 Å². The van der Waals surface area contributed by atoms with Crippen molar-refractivity contribution in [1.29, 1.82) is 0 Å². The van der Waals surface area contributed by atoms with E-state index in [4.69, 9.17) is 11.6 Å². The Morgan fingerprint density at radius 3 is 2.28 bits per heavy atom. The Labute approximate surface area is 110 Å². The Morgan fingerprint density at radius 1 is 1.00 bits per heavy atom. The average Bonchev–Trinajstić information content (AvgIpc) is 2.32. The van der Waals surface area contributed by atoms with Crippen LogP contribution >= 0.6 is 11.6 Å². The summed E-state index contributed by atoms with van der Waals surface area (Å²) in [6, 6.07) is 12.2. The topological polar surface area (TPSA) is 66.4 Å². The third kappa shape index (κ3) is 2.57. The summed E-state index contributed by atoms with van der Waals surface area (Å²) in [5, 5.41) is 9.66. The van der Waals surface area contributed by atoms with E-state index in [0.29, 0.717) is 0 Å². The minimum absolute atomic E-state index is 0.0325. The van der Waals surface area contributed by atoms with Crippen molar-refractivity contribution in [3.8, 4) is 5.75 Å². The summed E-state index contributed by atoms with van der Waals surface area (Å²) >= 11 is 5.83. The van der Waals surface area contributed by atoms with Crippen LogP contribution in [0.4, 0.5) is 5.69 Å². The van der Waals surface area contributed by atoms with Crippen molar-refractivity contribution in [1.82, 2.24) is 0 Å². The summed E-state index contributed by atoms with van der Waals surface area (Å²) in [5.41, 5.74) is 0.109. The number of anilines is 1. The third-order valence-electron chi connectivity index (χ3n) is 2.27. The summed E-state index contributed by atoms with van der Waals surface area (Å²) in [7, 11) is -3.81. The van der Waals surface area contributed by atoms with Crippen LogP contribution in [0.1, 0.15) is 0 Å². The first kappa shape index (κ1) is 12.7. The van der Waals surface area contributed by atoms with E-state index in [1.54, 1.807) is 24.3 Å². The number of halogens is 1. The van der Waals surface area contributed by atoms with Crippen molar-refractivity contribution in [2.75, 3.05) is 4.72 Å². The first-order chi connectivity index (χ1) is 8.50. The molecule has 0 heterocycles. The van der Waals surface area contributed by atoms with Crippen LogP contribution in [0, 0.1) is 0 Å². The highest BCUT2D eigenvalue weighted by Gasteiger charge is 2.18. The quantitative estimate of drug-likeness (QED) is 0.851. The minimum atomic E-state index is -3.81. The molecule has 2 N–H and O–H groups in total. The Morgan fingerprint density at radius 2 is 1.61 bits per heavy atom. The van der Waals surface area contributed by atoms with Gasteiger partial charge in [0.05, 0.1) is 10.7 Å². The average molecular weight is 284 g/mol. The maximum Gasteiger partial charge on any atom is 0.263 e. The maximum absolute atomic E-state index is 12.1. The zero-order chi connectivity index (χ0) is 13.2. The molecular formula is C12H10ClNO3S. The van der Waals surface area contributed by atoms with E-state index < -0.39 is 10.0 Å². The molecule has 0 saturated heterocycles. The van der Waals surface area contributed by atoms with Crippen LogP contribution in [-0.4, -0.2) is 13.5 Å². The van der Waals surface area contributed by atoms with Crippen molar-refractivity contribution < 1.29 is 13.5 Å². The van der Waals surface area contributed by atoms with Gasteiger partial charge in [-0.1, -0.05) is 35.9 Å². The number of phenols is 1. The number of aromatic hydroxyl groups is 1. The zero-order valence-electron chi connectivity index (χ0n) is 9.17. The fourth-order valence-corrected chi connectivity index (χ4v) is 3.02. The lowest BCUT2D eigenvalue weighted by atomic mass is 10.3. The zero-order valence-corrected chi connectivity index (χ0v) is 10.7. The van der Waals surface area contributed by atoms with E-state index in [-0.39, 0.29) is 21.4 Å². The largest absolute Gasteiger partial charge is 0.506 e. The summed E-state index contributed by atoms with van der Waals surface area (Å²) < 4.78 is 26.4. The van der Waals surface area contributed by atoms with Crippen molar-refractivity contribution in [2.24, 2.45) is 0 Å². The van der Waals surface area contributed by atoms with Gasteiger partial charge in [-0.15, -0.1) is 0 Å². The second-order valence-electron chi connectivity index (χ2n) is 3.55. The lowest BCUT2D eigenvalue weighted by molar-refractivity contribution is 0.477. The number of rotatable bonds is 3. The molecule has 0 radical (unpaired) electrons. The predicted molar refractivity (Wildman–Crippen MR) is 70.4 cm³/mol. The second kappa shape index (κ2) is 4.88.